The lowest BCUT2D eigenvalue weighted by Gasteiger charge is -2.36. The third kappa shape index (κ3) is 12.0. The summed E-state index contributed by atoms with van der Waals surface area (Å²) in [5, 5.41) is 5.17. The zero-order valence-electron chi connectivity index (χ0n) is 33.1. The van der Waals surface area contributed by atoms with E-state index in [0.29, 0.717) is 35.7 Å². The molecule has 4 aromatic rings. The van der Waals surface area contributed by atoms with Gasteiger partial charge in [-0.05, 0) is 146 Å². The average Bonchev–Trinajstić information content (AvgIpc) is 4.04. The number of ether oxygens (including phenoxy) is 2. The number of carbonyl (C=O) groups excluding carboxylic acids is 2. The van der Waals surface area contributed by atoms with Crippen LogP contribution in [0, 0.1) is 0 Å². The van der Waals surface area contributed by atoms with Crippen LogP contribution in [-0.4, -0.2) is 75.5 Å². The number of aromatic amines is 1. The highest BCUT2D eigenvalue weighted by molar-refractivity contribution is 8.24. The number of likely N-dealkylation sites (tertiary alicyclic amines) is 2. The lowest BCUT2D eigenvalue weighted by atomic mass is 10.00. The van der Waals surface area contributed by atoms with E-state index in [1.54, 1.807) is 20.4 Å². The fourth-order valence-corrected chi connectivity index (χ4v) is 7.32. The molecule has 0 unspecified atom stereocenters. The Kier molecular flexibility index (Phi) is 13.2. The van der Waals surface area contributed by atoms with Crippen molar-refractivity contribution in [2.45, 2.75) is 141 Å². The van der Waals surface area contributed by atoms with E-state index in [1.165, 1.54) is 17.4 Å². The van der Waals surface area contributed by atoms with Crippen molar-refractivity contribution in [3.8, 4) is 0 Å². The van der Waals surface area contributed by atoms with E-state index in [9.17, 15) is 18.9 Å². The second-order valence-electron chi connectivity index (χ2n) is 17.1. The number of amides is 2. The molecule has 0 spiro atoms. The molecule has 0 radical (unpaired) electrons. The average molecular weight is 889 g/mol. The lowest BCUT2D eigenvalue weighted by molar-refractivity contribution is 0.00800. The SMILES string of the molecule is CC(C)(C)OC(=O)N1CCCC[C@H]1c1cc2nc(C3CC3)cc(=O)n2[nH]1.CC(C)(C)OC(=O)N1CCCC[C@H]1c1cc2nc(C3CC3)cc(Cl)n2n1.O=P(Cl)(Cl)Cl. The highest BCUT2D eigenvalue weighted by Gasteiger charge is 2.35. The number of hydrogen-bond acceptors (Lipinski definition) is 9. The van der Waals surface area contributed by atoms with Gasteiger partial charge >= 0.3 is 17.4 Å². The van der Waals surface area contributed by atoms with Crippen molar-refractivity contribution in [2.75, 3.05) is 13.1 Å². The molecule has 2 aliphatic heterocycles. The van der Waals surface area contributed by atoms with E-state index < -0.39 is 16.4 Å². The Morgan fingerprint density at radius 1 is 0.719 bits per heavy atom. The van der Waals surface area contributed by atoms with Crippen LogP contribution < -0.4 is 5.56 Å². The fourth-order valence-electron chi connectivity index (χ4n) is 7.08. The quantitative estimate of drug-likeness (QED) is 0.156. The van der Waals surface area contributed by atoms with Gasteiger partial charge in [0.15, 0.2) is 11.3 Å². The van der Waals surface area contributed by atoms with Gasteiger partial charge in [-0.2, -0.15) is 5.10 Å². The summed E-state index contributed by atoms with van der Waals surface area (Å²) in [6, 6.07) is 7.18. The first-order valence-corrected chi connectivity index (χ1v) is 24.3. The number of nitrogens with one attached hydrogen (secondary N) is 1. The summed E-state index contributed by atoms with van der Waals surface area (Å²) < 4.78 is 23.8. The molecular formula is C38H51Cl4N8O6P. The molecule has 312 valence electrons. The van der Waals surface area contributed by atoms with Gasteiger partial charge < -0.3 is 9.47 Å². The molecule has 4 aliphatic rings. The van der Waals surface area contributed by atoms with Gasteiger partial charge in [-0.1, -0.05) is 11.6 Å². The Hall–Kier alpha value is -3.03. The maximum atomic E-state index is 12.7. The van der Waals surface area contributed by atoms with Crippen molar-refractivity contribution in [3.63, 3.8) is 0 Å². The Labute approximate surface area is 351 Å². The molecule has 4 aromatic heterocycles. The number of piperidine rings is 2. The summed E-state index contributed by atoms with van der Waals surface area (Å²) in [7, 11) is 0. The number of carbonyl (C=O) groups is 2. The van der Waals surface area contributed by atoms with Crippen LogP contribution in [0.15, 0.2) is 29.1 Å². The third-order valence-corrected chi connectivity index (χ3v) is 10.1. The van der Waals surface area contributed by atoms with Crippen molar-refractivity contribution in [1.29, 1.82) is 0 Å². The largest absolute Gasteiger partial charge is 0.444 e. The number of rotatable bonds is 4. The first kappa shape index (κ1) is 43.5. The van der Waals surface area contributed by atoms with Gasteiger partial charge in [0.25, 0.3) is 5.56 Å². The van der Waals surface area contributed by atoms with Crippen LogP contribution in [0.4, 0.5) is 9.59 Å². The number of hydrogen-bond donors (Lipinski definition) is 1. The molecule has 8 rings (SSSR count). The fraction of sp³-hybridized carbons (Fsp3) is 0.632. The normalized spacial score (nSPS) is 20.4. The molecule has 0 aromatic carbocycles. The Bertz CT molecular complexity index is 2190. The predicted molar refractivity (Wildman–Crippen MR) is 222 cm³/mol. The molecule has 57 heavy (non-hydrogen) atoms. The summed E-state index contributed by atoms with van der Waals surface area (Å²) in [6.45, 7) is 12.6. The van der Waals surface area contributed by atoms with Gasteiger partial charge in [0, 0.05) is 48.8 Å². The first-order valence-electron chi connectivity index (χ1n) is 19.5. The zero-order valence-corrected chi connectivity index (χ0v) is 37.1. The van der Waals surface area contributed by atoms with Gasteiger partial charge in [0.1, 0.15) is 16.4 Å². The zero-order chi connectivity index (χ0) is 41.4. The van der Waals surface area contributed by atoms with Crippen LogP contribution in [0.5, 0.6) is 0 Å². The molecule has 2 saturated carbocycles. The van der Waals surface area contributed by atoms with E-state index in [-0.39, 0.29) is 29.8 Å². The van der Waals surface area contributed by atoms with E-state index in [1.807, 2.05) is 59.7 Å². The van der Waals surface area contributed by atoms with Crippen LogP contribution in [0.1, 0.15) is 152 Å². The number of aromatic nitrogens is 6. The second kappa shape index (κ2) is 17.3. The molecule has 0 bridgehead atoms. The smallest absolute Gasteiger partial charge is 0.410 e. The maximum absolute atomic E-state index is 12.7. The van der Waals surface area contributed by atoms with E-state index >= 15 is 0 Å². The van der Waals surface area contributed by atoms with Crippen LogP contribution in [-0.2, 0) is 14.0 Å². The Morgan fingerprint density at radius 3 is 1.74 bits per heavy atom. The van der Waals surface area contributed by atoms with E-state index in [0.717, 1.165) is 79.8 Å². The summed E-state index contributed by atoms with van der Waals surface area (Å²) in [4.78, 5) is 50.6. The predicted octanol–water partition coefficient (Wildman–Crippen LogP) is 10.9. The highest BCUT2D eigenvalue weighted by Crippen LogP contribution is 2.61. The summed E-state index contributed by atoms with van der Waals surface area (Å²) in [6.07, 6.45) is 9.73. The highest BCUT2D eigenvalue weighted by atomic mass is 36.0. The molecule has 19 heteroatoms. The van der Waals surface area contributed by atoms with Crippen molar-refractivity contribution in [1.82, 2.24) is 39.0 Å². The molecule has 2 aliphatic carbocycles. The van der Waals surface area contributed by atoms with E-state index in [4.69, 9.17) is 26.1 Å². The van der Waals surface area contributed by atoms with Crippen molar-refractivity contribution < 1.29 is 23.6 Å². The topological polar surface area (TPSA) is 156 Å². The van der Waals surface area contributed by atoms with Gasteiger partial charge in [0.05, 0.1) is 29.2 Å². The molecule has 6 heterocycles. The molecule has 2 amide bonds. The molecule has 1 N–H and O–H groups in total. The Balaban J connectivity index is 0.000000173. The maximum Gasteiger partial charge on any atom is 0.410 e. The summed E-state index contributed by atoms with van der Waals surface area (Å²) in [5.41, 5.74) is 3.84. The van der Waals surface area contributed by atoms with Crippen molar-refractivity contribution in [2.24, 2.45) is 0 Å². The molecular weight excluding hydrogens is 837 g/mol. The van der Waals surface area contributed by atoms with Crippen molar-refractivity contribution >= 4 is 74.0 Å². The van der Waals surface area contributed by atoms with Gasteiger partial charge in [-0.25, -0.2) is 28.6 Å². The number of fused-ring (bicyclic) bond motifs is 2. The second-order valence-corrected chi connectivity index (χ2v) is 24.1. The Morgan fingerprint density at radius 2 is 1.21 bits per heavy atom. The molecule has 2 atom stereocenters. The van der Waals surface area contributed by atoms with Gasteiger partial charge in [0.2, 0.25) is 0 Å². The number of halogens is 4. The van der Waals surface area contributed by atoms with Crippen molar-refractivity contribution in [3.05, 3.63) is 62.5 Å². The monoisotopic (exact) mass is 886 g/mol. The van der Waals surface area contributed by atoms with E-state index in [2.05, 4.69) is 48.9 Å². The summed E-state index contributed by atoms with van der Waals surface area (Å²) in [5.74, 6) is 0.961. The standard InChI is InChI=1S/C19H25ClN4O2.C19H26N4O3.Cl3OP/c1-19(2,3)26-18(25)23-9-5-4-6-15(23)14-11-17-21-13(12-7-8-12)10-16(20)24(17)22-14;1-19(2,3)26-18(25)22-9-5-4-6-15(22)14-10-16-20-13(12-7-8-12)11-17(24)23(16)21-14;1-5(2,3)4/h10-12,15H,4-9H2,1-3H3;10-12,15,21H,4-9H2,1-3H3;/t2*15-;/m00./s1. The summed E-state index contributed by atoms with van der Waals surface area (Å²) >= 11 is 20.3. The minimum atomic E-state index is -3.22. The minimum absolute atomic E-state index is 0.0947. The molecule has 14 nitrogen and oxygen atoms in total. The molecule has 4 fully saturated rings. The number of nitrogens with zero attached hydrogens (tertiary/aromatic N) is 7. The van der Waals surface area contributed by atoms with Crippen LogP contribution in [0.3, 0.4) is 0 Å². The lowest BCUT2D eigenvalue weighted by Crippen LogP contribution is -2.42. The van der Waals surface area contributed by atoms with Crippen LogP contribution >= 0.6 is 50.5 Å². The number of H-pyrrole nitrogens is 1. The van der Waals surface area contributed by atoms with Gasteiger partial charge in [-0.3, -0.25) is 24.3 Å². The van der Waals surface area contributed by atoms with Gasteiger partial charge in [-0.15, -0.1) is 0 Å². The minimum Gasteiger partial charge on any atom is -0.444 e. The first-order chi connectivity index (χ1) is 26.6. The van der Waals surface area contributed by atoms with Crippen LogP contribution in [0.25, 0.3) is 11.3 Å². The molecule has 2 saturated heterocycles. The third-order valence-electron chi connectivity index (χ3n) is 9.87. The van der Waals surface area contributed by atoms with Crippen LogP contribution in [0.2, 0.25) is 5.15 Å².